The summed E-state index contributed by atoms with van der Waals surface area (Å²) in [7, 11) is 1.92. The van der Waals surface area contributed by atoms with Gasteiger partial charge in [0.2, 0.25) is 5.91 Å². The minimum absolute atomic E-state index is 0.154. The van der Waals surface area contributed by atoms with E-state index in [9.17, 15) is 4.79 Å². The highest BCUT2D eigenvalue weighted by atomic mass is 16.5. The number of ether oxygens (including phenoxy) is 1. The average Bonchev–Trinajstić information content (AvgIpc) is 3.01. The lowest BCUT2D eigenvalue weighted by molar-refractivity contribution is -0.143. The van der Waals surface area contributed by atoms with Gasteiger partial charge in [0.05, 0.1) is 12.7 Å². The molecule has 2 fully saturated rings. The zero-order chi connectivity index (χ0) is 12.5. The number of likely N-dealkylation sites (N-methyl/N-ethyl adjacent to an activating group) is 1. The minimum atomic E-state index is 0.154. The molecule has 3 aliphatic rings. The fourth-order valence-corrected chi connectivity index (χ4v) is 3.57. The van der Waals surface area contributed by atoms with E-state index in [1.165, 1.54) is 6.42 Å². The summed E-state index contributed by atoms with van der Waals surface area (Å²) in [5.41, 5.74) is 0. The highest BCUT2D eigenvalue weighted by Gasteiger charge is 2.42. The van der Waals surface area contributed by atoms with Crippen LogP contribution in [0.15, 0.2) is 12.2 Å². The van der Waals surface area contributed by atoms with Crippen molar-refractivity contribution >= 4 is 5.91 Å². The molecule has 1 amide bonds. The molecule has 1 saturated carbocycles. The molecule has 4 heteroatoms. The van der Waals surface area contributed by atoms with Crippen molar-refractivity contribution in [1.82, 2.24) is 10.2 Å². The van der Waals surface area contributed by atoms with E-state index in [0.29, 0.717) is 24.3 Å². The van der Waals surface area contributed by atoms with E-state index < -0.39 is 0 Å². The van der Waals surface area contributed by atoms with Crippen LogP contribution in [0.3, 0.4) is 0 Å². The predicted molar refractivity (Wildman–Crippen MR) is 69.1 cm³/mol. The maximum Gasteiger partial charge on any atom is 0.226 e. The second-order valence-electron chi connectivity index (χ2n) is 5.72. The summed E-state index contributed by atoms with van der Waals surface area (Å²) < 4.78 is 5.65. The lowest BCUT2D eigenvalue weighted by atomic mass is 9.92. The quantitative estimate of drug-likeness (QED) is 0.748. The molecular formula is C14H22N2O2. The number of amides is 1. The minimum Gasteiger partial charge on any atom is -0.373 e. The largest absolute Gasteiger partial charge is 0.373 e. The smallest absolute Gasteiger partial charge is 0.226 e. The molecule has 0 spiro atoms. The SMILES string of the molecule is CNCC1CN(C(=O)C2CC3C=CC2C3)CCO1. The standard InChI is InChI=1S/C14H22N2O2/c1-15-8-12-9-16(4-5-18-12)14(17)13-7-10-2-3-11(13)6-10/h2-3,10-13,15H,4-9H2,1H3. The Balaban J connectivity index is 1.60. The zero-order valence-electron chi connectivity index (χ0n) is 11.0. The second kappa shape index (κ2) is 5.02. The molecule has 0 radical (unpaired) electrons. The Hall–Kier alpha value is -0.870. The maximum absolute atomic E-state index is 12.6. The number of carbonyl (C=O) groups excluding carboxylic acids is 1. The fourth-order valence-electron chi connectivity index (χ4n) is 3.57. The Morgan fingerprint density at radius 1 is 1.44 bits per heavy atom. The van der Waals surface area contributed by atoms with Crippen LogP contribution >= 0.6 is 0 Å². The van der Waals surface area contributed by atoms with E-state index in [4.69, 9.17) is 4.74 Å². The first-order chi connectivity index (χ1) is 8.78. The first-order valence-electron chi connectivity index (χ1n) is 7.01. The van der Waals surface area contributed by atoms with Gasteiger partial charge in [-0.25, -0.2) is 0 Å². The van der Waals surface area contributed by atoms with E-state index in [0.717, 1.165) is 26.1 Å². The van der Waals surface area contributed by atoms with Crippen LogP contribution < -0.4 is 5.32 Å². The number of fused-ring (bicyclic) bond motifs is 2. The van der Waals surface area contributed by atoms with Crippen LogP contribution in [-0.4, -0.2) is 50.2 Å². The molecule has 1 N–H and O–H groups in total. The van der Waals surface area contributed by atoms with E-state index in [1.54, 1.807) is 0 Å². The van der Waals surface area contributed by atoms with Crippen LogP contribution in [0.25, 0.3) is 0 Å². The Morgan fingerprint density at radius 2 is 2.33 bits per heavy atom. The Bertz CT molecular complexity index is 354. The summed E-state index contributed by atoms with van der Waals surface area (Å²) in [5, 5.41) is 3.12. The van der Waals surface area contributed by atoms with Crippen molar-refractivity contribution < 1.29 is 9.53 Å². The van der Waals surface area contributed by atoms with Crippen LogP contribution in [0.5, 0.6) is 0 Å². The summed E-state index contributed by atoms with van der Waals surface area (Å²) in [6, 6.07) is 0. The van der Waals surface area contributed by atoms with Crippen molar-refractivity contribution in [2.24, 2.45) is 17.8 Å². The highest BCUT2D eigenvalue weighted by molar-refractivity contribution is 5.80. The number of hydrogen-bond donors (Lipinski definition) is 1. The van der Waals surface area contributed by atoms with Crippen LogP contribution in [0.1, 0.15) is 12.8 Å². The molecule has 2 bridgehead atoms. The van der Waals surface area contributed by atoms with Gasteiger partial charge < -0.3 is 15.0 Å². The van der Waals surface area contributed by atoms with Crippen molar-refractivity contribution in [3.63, 3.8) is 0 Å². The van der Waals surface area contributed by atoms with Gasteiger partial charge in [0.25, 0.3) is 0 Å². The number of morpholine rings is 1. The van der Waals surface area contributed by atoms with E-state index in [-0.39, 0.29) is 12.0 Å². The molecule has 2 aliphatic carbocycles. The van der Waals surface area contributed by atoms with Crippen molar-refractivity contribution in [3.05, 3.63) is 12.2 Å². The van der Waals surface area contributed by atoms with Gasteiger partial charge in [-0.05, 0) is 31.7 Å². The molecule has 0 aromatic heterocycles. The highest BCUT2D eigenvalue weighted by Crippen LogP contribution is 2.44. The first kappa shape index (κ1) is 12.2. The molecule has 4 nitrogen and oxygen atoms in total. The normalized spacial score (nSPS) is 38.4. The summed E-state index contributed by atoms with van der Waals surface area (Å²) >= 11 is 0. The molecule has 3 rings (SSSR count). The van der Waals surface area contributed by atoms with E-state index in [2.05, 4.69) is 17.5 Å². The van der Waals surface area contributed by atoms with Gasteiger partial charge >= 0.3 is 0 Å². The molecule has 0 aromatic carbocycles. The van der Waals surface area contributed by atoms with Crippen molar-refractivity contribution in [2.75, 3.05) is 33.3 Å². The third kappa shape index (κ3) is 2.19. The van der Waals surface area contributed by atoms with Crippen molar-refractivity contribution in [1.29, 1.82) is 0 Å². The van der Waals surface area contributed by atoms with Gasteiger partial charge in [-0.3, -0.25) is 4.79 Å². The van der Waals surface area contributed by atoms with Crippen molar-refractivity contribution in [3.8, 4) is 0 Å². The molecular weight excluding hydrogens is 228 g/mol. The van der Waals surface area contributed by atoms with Gasteiger partial charge in [-0.1, -0.05) is 12.2 Å². The van der Waals surface area contributed by atoms with Gasteiger partial charge in [0.15, 0.2) is 0 Å². The van der Waals surface area contributed by atoms with Crippen LogP contribution in [0, 0.1) is 17.8 Å². The second-order valence-corrected chi connectivity index (χ2v) is 5.72. The molecule has 0 aromatic rings. The number of nitrogens with one attached hydrogen (secondary N) is 1. The third-order valence-corrected chi connectivity index (χ3v) is 4.48. The molecule has 1 heterocycles. The zero-order valence-corrected chi connectivity index (χ0v) is 11.0. The van der Waals surface area contributed by atoms with Gasteiger partial charge in [-0.15, -0.1) is 0 Å². The monoisotopic (exact) mass is 250 g/mol. The maximum atomic E-state index is 12.6. The molecule has 18 heavy (non-hydrogen) atoms. The van der Waals surface area contributed by atoms with Gasteiger partial charge in [-0.2, -0.15) is 0 Å². The molecule has 4 atom stereocenters. The number of nitrogens with zero attached hydrogens (tertiary/aromatic N) is 1. The van der Waals surface area contributed by atoms with E-state index >= 15 is 0 Å². The lowest BCUT2D eigenvalue weighted by Crippen LogP contribution is -2.50. The van der Waals surface area contributed by atoms with Crippen LogP contribution in [0.2, 0.25) is 0 Å². The fraction of sp³-hybridized carbons (Fsp3) is 0.786. The Kier molecular flexibility index (Phi) is 3.39. The van der Waals surface area contributed by atoms with Gasteiger partial charge in [0, 0.05) is 25.6 Å². The third-order valence-electron chi connectivity index (χ3n) is 4.48. The summed E-state index contributed by atoms with van der Waals surface area (Å²) in [6.45, 7) is 3.00. The lowest BCUT2D eigenvalue weighted by Gasteiger charge is -2.35. The average molecular weight is 250 g/mol. The first-order valence-corrected chi connectivity index (χ1v) is 7.01. The van der Waals surface area contributed by atoms with Gasteiger partial charge in [0.1, 0.15) is 0 Å². The van der Waals surface area contributed by atoms with Crippen LogP contribution in [0.4, 0.5) is 0 Å². The molecule has 100 valence electrons. The summed E-state index contributed by atoms with van der Waals surface area (Å²) in [5.74, 6) is 1.77. The Labute approximate surface area is 108 Å². The number of hydrogen-bond acceptors (Lipinski definition) is 3. The predicted octanol–water partition coefficient (Wildman–Crippen LogP) is 0.645. The van der Waals surface area contributed by atoms with Crippen LogP contribution in [-0.2, 0) is 9.53 Å². The molecule has 1 aliphatic heterocycles. The number of allylic oxidation sites excluding steroid dienone is 2. The number of rotatable bonds is 3. The van der Waals surface area contributed by atoms with E-state index in [1.807, 2.05) is 11.9 Å². The Morgan fingerprint density at radius 3 is 3.00 bits per heavy atom. The molecule has 1 saturated heterocycles. The summed E-state index contributed by atoms with van der Waals surface area (Å²) in [4.78, 5) is 14.6. The number of carbonyl (C=O) groups is 1. The molecule has 4 unspecified atom stereocenters. The van der Waals surface area contributed by atoms with Crippen molar-refractivity contribution in [2.45, 2.75) is 18.9 Å². The topological polar surface area (TPSA) is 41.6 Å². The summed E-state index contributed by atoms with van der Waals surface area (Å²) in [6.07, 6.45) is 6.95.